The summed E-state index contributed by atoms with van der Waals surface area (Å²) in [5, 5.41) is 3.47. The maximum Gasteiger partial charge on any atom is 0.203 e. The van der Waals surface area contributed by atoms with Crippen molar-refractivity contribution in [2.24, 2.45) is 0 Å². The molecule has 0 radical (unpaired) electrons. The highest BCUT2D eigenvalue weighted by atomic mass is 16.6. The number of benzene rings is 1. The van der Waals surface area contributed by atoms with E-state index in [4.69, 9.17) is 18.9 Å². The molecule has 5 nitrogen and oxygen atoms in total. The Labute approximate surface area is 125 Å². The quantitative estimate of drug-likeness (QED) is 0.901. The molecule has 0 saturated carbocycles. The lowest BCUT2D eigenvalue weighted by Crippen LogP contribution is -2.36. The van der Waals surface area contributed by atoms with Gasteiger partial charge in [0, 0.05) is 19.7 Å². The van der Waals surface area contributed by atoms with Crippen molar-refractivity contribution >= 4 is 0 Å². The SMILES string of the molecule is COc1cc(CNCC2(C)CCCO2)cc2c1OCCO2. The molecule has 0 spiro atoms. The predicted molar refractivity (Wildman–Crippen MR) is 79.3 cm³/mol. The molecular weight excluding hydrogens is 270 g/mol. The molecule has 1 saturated heterocycles. The maximum atomic E-state index is 5.78. The topological polar surface area (TPSA) is 49.0 Å². The fraction of sp³-hybridized carbons (Fsp3) is 0.625. The Morgan fingerprint density at radius 3 is 2.86 bits per heavy atom. The smallest absolute Gasteiger partial charge is 0.203 e. The molecule has 1 aromatic rings. The van der Waals surface area contributed by atoms with Gasteiger partial charge in [-0.15, -0.1) is 0 Å². The van der Waals surface area contributed by atoms with E-state index in [1.165, 1.54) is 0 Å². The first-order chi connectivity index (χ1) is 10.2. The number of rotatable bonds is 5. The Kier molecular flexibility index (Phi) is 4.22. The van der Waals surface area contributed by atoms with Crippen molar-refractivity contribution < 1.29 is 18.9 Å². The van der Waals surface area contributed by atoms with E-state index in [9.17, 15) is 0 Å². The molecular formula is C16H23NO4. The normalized spacial score (nSPS) is 24.1. The molecule has 1 aromatic carbocycles. The van der Waals surface area contributed by atoms with Gasteiger partial charge in [-0.3, -0.25) is 0 Å². The summed E-state index contributed by atoms with van der Waals surface area (Å²) in [6, 6.07) is 4.01. The first-order valence-corrected chi connectivity index (χ1v) is 7.51. The molecule has 1 N–H and O–H groups in total. The molecule has 2 heterocycles. The summed E-state index contributed by atoms with van der Waals surface area (Å²) in [4.78, 5) is 0. The second kappa shape index (κ2) is 6.12. The minimum absolute atomic E-state index is 0.0299. The molecule has 3 rings (SSSR count). The fourth-order valence-corrected chi connectivity index (χ4v) is 2.88. The van der Waals surface area contributed by atoms with Gasteiger partial charge in [0.05, 0.1) is 12.7 Å². The Balaban J connectivity index is 1.65. The van der Waals surface area contributed by atoms with E-state index in [-0.39, 0.29) is 5.60 Å². The number of fused-ring (bicyclic) bond motifs is 1. The van der Waals surface area contributed by atoms with Crippen molar-refractivity contribution in [3.63, 3.8) is 0 Å². The standard InChI is InChI=1S/C16H23NO4/c1-16(4-3-5-21-16)11-17-10-12-8-13(18-2)15-14(9-12)19-6-7-20-15/h8-9,17H,3-7,10-11H2,1-2H3. The lowest BCUT2D eigenvalue weighted by atomic mass is 10.0. The molecule has 0 aliphatic carbocycles. The van der Waals surface area contributed by atoms with Crippen LogP contribution in [-0.4, -0.2) is 39.1 Å². The van der Waals surface area contributed by atoms with E-state index < -0.39 is 0 Å². The van der Waals surface area contributed by atoms with Gasteiger partial charge >= 0.3 is 0 Å². The van der Waals surface area contributed by atoms with Crippen LogP contribution in [0.4, 0.5) is 0 Å². The predicted octanol–water partition coefficient (Wildman–Crippen LogP) is 2.13. The Morgan fingerprint density at radius 1 is 1.24 bits per heavy atom. The van der Waals surface area contributed by atoms with Crippen molar-refractivity contribution in [1.29, 1.82) is 0 Å². The van der Waals surface area contributed by atoms with Gasteiger partial charge < -0.3 is 24.3 Å². The van der Waals surface area contributed by atoms with Gasteiger partial charge in [0.1, 0.15) is 13.2 Å². The zero-order valence-corrected chi connectivity index (χ0v) is 12.7. The van der Waals surface area contributed by atoms with E-state index in [1.807, 2.05) is 12.1 Å². The third-order valence-electron chi connectivity index (χ3n) is 4.02. The molecule has 21 heavy (non-hydrogen) atoms. The largest absolute Gasteiger partial charge is 0.493 e. The summed E-state index contributed by atoms with van der Waals surface area (Å²) in [5.41, 5.74) is 1.09. The van der Waals surface area contributed by atoms with Crippen LogP contribution in [-0.2, 0) is 11.3 Å². The Morgan fingerprint density at radius 2 is 2.10 bits per heavy atom. The van der Waals surface area contributed by atoms with Gasteiger partial charge in [0.25, 0.3) is 0 Å². The van der Waals surface area contributed by atoms with Crippen LogP contribution in [0.2, 0.25) is 0 Å². The van der Waals surface area contributed by atoms with Crippen LogP contribution >= 0.6 is 0 Å². The lowest BCUT2D eigenvalue weighted by Gasteiger charge is -2.24. The lowest BCUT2D eigenvalue weighted by molar-refractivity contribution is 0.0206. The third kappa shape index (κ3) is 3.24. The Bertz CT molecular complexity index is 480. The summed E-state index contributed by atoms with van der Waals surface area (Å²) in [6.07, 6.45) is 2.26. The average molecular weight is 293 g/mol. The fourth-order valence-electron chi connectivity index (χ4n) is 2.88. The second-order valence-electron chi connectivity index (χ2n) is 5.83. The zero-order chi connectivity index (χ0) is 14.7. The summed E-state index contributed by atoms with van der Waals surface area (Å²) in [6.45, 7) is 5.79. The van der Waals surface area contributed by atoms with Gasteiger partial charge in [-0.2, -0.15) is 0 Å². The molecule has 1 unspecified atom stereocenters. The molecule has 0 amide bonds. The molecule has 0 aromatic heterocycles. The van der Waals surface area contributed by atoms with Crippen LogP contribution in [0.5, 0.6) is 17.2 Å². The summed E-state index contributed by atoms with van der Waals surface area (Å²) < 4.78 is 22.4. The monoisotopic (exact) mass is 293 g/mol. The Hall–Kier alpha value is -1.46. The van der Waals surface area contributed by atoms with Crippen LogP contribution in [0.1, 0.15) is 25.3 Å². The molecule has 1 atom stereocenters. The number of nitrogens with one attached hydrogen (secondary N) is 1. The van der Waals surface area contributed by atoms with Crippen LogP contribution in [0.15, 0.2) is 12.1 Å². The van der Waals surface area contributed by atoms with Crippen molar-refractivity contribution in [3.8, 4) is 17.2 Å². The van der Waals surface area contributed by atoms with Gasteiger partial charge in [0.15, 0.2) is 11.5 Å². The van der Waals surface area contributed by atoms with Gasteiger partial charge in [-0.05, 0) is 37.5 Å². The highest BCUT2D eigenvalue weighted by molar-refractivity contribution is 5.54. The maximum absolute atomic E-state index is 5.78. The van der Waals surface area contributed by atoms with Crippen molar-refractivity contribution in [2.45, 2.75) is 31.9 Å². The van der Waals surface area contributed by atoms with Crippen LogP contribution in [0.25, 0.3) is 0 Å². The highest BCUT2D eigenvalue weighted by Crippen LogP contribution is 2.40. The summed E-state index contributed by atoms with van der Waals surface area (Å²) >= 11 is 0. The van der Waals surface area contributed by atoms with Crippen molar-refractivity contribution in [2.75, 3.05) is 33.5 Å². The second-order valence-corrected chi connectivity index (χ2v) is 5.83. The van der Waals surface area contributed by atoms with E-state index >= 15 is 0 Å². The van der Waals surface area contributed by atoms with Gasteiger partial charge in [-0.25, -0.2) is 0 Å². The van der Waals surface area contributed by atoms with Crippen molar-refractivity contribution in [1.82, 2.24) is 5.32 Å². The van der Waals surface area contributed by atoms with Gasteiger partial charge in [0.2, 0.25) is 5.75 Å². The minimum Gasteiger partial charge on any atom is -0.493 e. The average Bonchev–Trinajstić information content (AvgIpc) is 2.93. The van der Waals surface area contributed by atoms with Crippen LogP contribution in [0, 0.1) is 0 Å². The van der Waals surface area contributed by atoms with Crippen LogP contribution < -0.4 is 19.5 Å². The molecule has 116 valence electrons. The molecule has 5 heteroatoms. The zero-order valence-electron chi connectivity index (χ0n) is 12.7. The number of ether oxygens (including phenoxy) is 4. The van der Waals surface area contributed by atoms with E-state index in [0.29, 0.717) is 19.0 Å². The first-order valence-electron chi connectivity index (χ1n) is 7.51. The van der Waals surface area contributed by atoms with E-state index in [1.54, 1.807) is 7.11 Å². The van der Waals surface area contributed by atoms with Crippen LogP contribution in [0.3, 0.4) is 0 Å². The van der Waals surface area contributed by atoms with Crippen molar-refractivity contribution in [3.05, 3.63) is 17.7 Å². The summed E-state index contributed by atoms with van der Waals surface area (Å²) in [7, 11) is 1.65. The number of hydrogen-bond donors (Lipinski definition) is 1. The molecule has 2 aliphatic heterocycles. The summed E-state index contributed by atoms with van der Waals surface area (Å²) in [5.74, 6) is 2.20. The molecule has 1 fully saturated rings. The third-order valence-corrected chi connectivity index (χ3v) is 4.02. The van der Waals surface area contributed by atoms with E-state index in [2.05, 4.69) is 12.2 Å². The molecule has 0 bridgehead atoms. The molecule has 2 aliphatic rings. The van der Waals surface area contributed by atoms with E-state index in [0.717, 1.165) is 49.6 Å². The minimum atomic E-state index is -0.0299. The number of hydrogen-bond acceptors (Lipinski definition) is 5. The van der Waals surface area contributed by atoms with Gasteiger partial charge in [-0.1, -0.05) is 0 Å². The first kappa shape index (κ1) is 14.5. The number of methoxy groups -OCH3 is 1. The highest BCUT2D eigenvalue weighted by Gasteiger charge is 2.29.